The standard InChI is InChI=1S/C16H25NO4/c1-4-13(18)9-10-17-16(19)12-7-8-14(20-5-2)15(11-12)21-6-3/h7-8,11,13,18H,4-6,9-10H2,1-3H3,(H,17,19). The molecule has 5 nitrogen and oxygen atoms in total. The molecule has 0 aliphatic carbocycles. The van der Waals surface area contributed by atoms with Crippen LogP contribution in [0, 0.1) is 0 Å². The number of nitrogens with one attached hydrogen (secondary N) is 1. The van der Waals surface area contributed by atoms with Crippen molar-refractivity contribution in [3.8, 4) is 11.5 Å². The summed E-state index contributed by atoms with van der Waals surface area (Å²) in [7, 11) is 0. The van der Waals surface area contributed by atoms with Gasteiger partial charge in [-0.1, -0.05) is 6.92 Å². The predicted molar refractivity (Wildman–Crippen MR) is 82.0 cm³/mol. The average Bonchev–Trinajstić information content (AvgIpc) is 2.49. The summed E-state index contributed by atoms with van der Waals surface area (Å²) in [4.78, 5) is 12.1. The van der Waals surface area contributed by atoms with Crippen molar-refractivity contribution in [2.75, 3.05) is 19.8 Å². The van der Waals surface area contributed by atoms with E-state index in [0.717, 1.165) is 0 Å². The number of carbonyl (C=O) groups excluding carboxylic acids is 1. The van der Waals surface area contributed by atoms with Crippen molar-refractivity contribution in [3.05, 3.63) is 23.8 Å². The third kappa shape index (κ3) is 5.63. The molecule has 0 bridgehead atoms. The smallest absolute Gasteiger partial charge is 0.251 e. The Balaban J connectivity index is 2.69. The first kappa shape index (κ1) is 17.3. The van der Waals surface area contributed by atoms with Crippen LogP contribution in [0.4, 0.5) is 0 Å². The number of ether oxygens (including phenoxy) is 2. The van der Waals surface area contributed by atoms with Gasteiger partial charge in [0, 0.05) is 12.1 Å². The first-order valence-corrected chi connectivity index (χ1v) is 7.48. The maximum Gasteiger partial charge on any atom is 0.251 e. The molecule has 1 amide bonds. The van der Waals surface area contributed by atoms with Crippen LogP contribution in [0.1, 0.15) is 44.0 Å². The summed E-state index contributed by atoms with van der Waals surface area (Å²) in [5.74, 6) is 1.03. The molecule has 1 aromatic carbocycles. The monoisotopic (exact) mass is 295 g/mol. The molecule has 0 saturated carbocycles. The van der Waals surface area contributed by atoms with Crippen LogP contribution < -0.4 is 14.8 Å². The van der Waals surface area contributed by atoms with E-state index in [4.69, 9.17) is 9.47 Å². The molecule has 21 heavy (non-hydrogen) atoms. The lowest BCUT2D eigenvalue weighted by molar-refractivity contribution is 0.0941. The quantitative estimate of drug-likeness (QED) is 0.734. The van der Waals surface area contributed by atoms with Gasteiger partial charge in [-0.3, -0.25) is 4.79 Å². The second-order valence-corrected chi connectivity index (χ2v) is 4.63. The molecular weight excluding hydrogens is 270 g/mol. The molecule has 1 atom stereocenters. The number of rotatable bonds is 9. The van der Waals surface area contributed by atoms with Gasteiger partial charge in [-0.25, -0.2) is 0 Å². The minimum absolute atomic E-state index is 0.178. The van der Waals surface area contributed by atoms with Crippen LogP contribution in [0.5, 0.6) is 11.5 Å². The average molecular weight is 295 g/mol. The van der Waals surface area contributed by atoms with E-state index in [1.54, 1.807) is 18.2 Å². The van der Waals surface area contributed by atoms with E-state index in [1.165, 1.54) is 0 Å². The zero-order chi connectivity index (χ0) is 15.7. The number of benzene rings is 1. The zero-order valence-corrected chi connectivity index (χ0v) is 13.0. The Morgan fingerprint density at radius 3 is 2.48 bits per heavy atom. The van der Waals surface area contributed by atoms with Crippen molar-refractivity contribution in [1.29, 1.82) is 0 Å². The summed E-state index contributed by atoms with van der Waals surface area (Å²) in [6.45, 7) is 7.19. The van der Waals surface area contributed by atoms with E-state index in [2.05, 4.69) is 5.32 Å². The van der Waals surface area contributed by atoms with Crippen molar-refractivity contribution >= 4 is 5.91 Å². The number of carbonyl (C=O) groups is 1. The van der Waals surface area contributed by atoms with Crippen LogP contribution in [0.2, 0.25) is 0 Å². The maximum atomic E-state index is 12.1. The van der Waals surface area contributed by atoms with Crippen molar-refractivity contribution in [3.63, 3.8) is 0 Å². The van der Waals surface area contributed by atoms with Gasteiger partial charge in [0.25, 0.3) is 5.91 Å². The van der Waals surface area contributed by atoms with Crippen molar-refractivity contribution in [2.24, 2.45) is 0 Å². The predicted octanol–water partition coefficient (Wildman–Crippen LogP) is 2.37. The largest absolute Gasteiger partial charge is 0.490 e. The summed E-state index contributed by atoms with van der Waals surface area (Å²) >= 11 is 0. The summed E-state index contributed by atoms with van der Waals surface area (Å²) in [5, 5.41) is 12.3. The van der Waals surface area contributed by atoms with Crippen LogP contribution >= 0.6 is 0 Å². The minimum atomic E-state index is -0.371. The number of aliphatic hydroxyl groups is 1. The second-order valence-electron chi connectivity index (χ2n) is 4.63. The third-order valence-electron chi connectivity index (χ3n) is 3.04. The normalized spacial score (nSPS) is 11.8. The van der Waals surface area contributed by atoms with Crippen molar-refractivity contribution < 1.29 is 19.4 Å². The zero-order valence-electron chi connectivity index (χ0n) is 13.0. The fraction of sp³-hybridized carbons (Fsp3) is 0.562. The lowest BCUT2D eigenvalue weighted by Crippen LogP contribution is -2.27. The molecule has 1 rings (SSSR count). The maximum absolute atomic E-state index is 12.1. The number of hydrogen-bond acceptors (Lipinski definition) is 4. The summed E-state index contributed by atoms with van der Waals surface area (Å²) in [5.41, 5.74) is 0.521. The van der Waals surface area contributed by atoms with Gasteiger partial charge in [0.15, 0.2) is 11.5 Å². The molecule has 0 aliphatic heterocycles. The van der Waals surface area contributed by atoms with Crippen molar-refractivity contribution in [2.45, 2.75) is 39.7 Å². The molecule has 0 heterocycles. The topological polar surface area (TPSA) is 67.8 Å². The summed E-state index contributed by atoms with van der Waals surface area (Å²) < 4.78 is 11.0. The fourth-order valence-corrected chi connectivity index (χ4v) is 1.85. The van der Waals surface area contributed by atoms with Gasteiger partial charge in [0.1, 0.15) is 0 Å². The van der Waals surface area contributed by atoms with Gasteiger partial charge in [-0.05, 0) is 44.9 Å². The van der Waals surface area contributed by atoms with Gasteiger partial charge in [0.05, 0.1) is 19.3 Å². The molecule has 0 aromatic heterocycles. The molecule has 0 aliphatic rings. The molecule has 118 valence electrons. The Hall–Kier alpha value is -1.75. The summed E-state index contributed by atoms with van der Waals surface area (Å²) in [6.07, 6.45) is 0.870. The van der Waals surface area contributed by atoms with Gasteiger partial charge in [0.2, 0.25) is 0 Å². The van der Waals surface area contributed by atoms with Crippen LogP contribution in [-0.4, -0.2) is 36.9 Å². The lowest BCUT2D eigenvalue weighted by Gasteiger charge is -2.13. The van der Waals surface area contributed by atoms with Crippen LogP contribution in [0.25, 0.3) is 0 Å². The van der Waals surface area contributed by atoms with Crippen LogP contribution in [-0.2, 0) is 0 Å². The van der Waals surface area contributed by atoms with E-state index in [1.807, 2.05) is 20.8 Å². The minimum Gasteiger partial charge on any atom is -0.490 e. The molecule has 1 unspecified atom stereocenters. The molecule has 2 N–H and O–H groups in total. The van der Waals surface area contributed by atoms with Crippen LogP contribution in [0.15, 0.2) is 18.2 Å². The van der Waals surface area contributed by atoms with Gasteiger partial charge < -0.3 is 19.9 Å². The van der Waals surface area contributed by atoms with Crippen molar-refractivity contribution in [1.82, 2.24) is 5.32 Å². The Morgan fingerprint density at radius 1 is 1.19 bits per heavy atom. The van der Waals surface area contributed by atoms with E-state index in [9.17, 15) is 9.90 Å². The van der Waals surface area contributed by atoms with E-state index >= 15 is 0 Å². The van der Waals surface area contributed by atoms with Gasteiger partial charge >= 0.3 is 0 Å². The number of hydrogen-bond donors (Lipinski definition) is 2. The van der Waals surface area contributed by atoms with Crippen LogP contribution in [0.3, 0.4) is 0 Å². The lowest BCUT2D eigenvalue weighted by atomic mass is 10.1. The molecule has 0 radical (unpaired) electrons. The Bertz CT molecular complexity index is 448. The third-order valence-corrected chi connectivity index (χ3v) is 3.04. The van der Waals surface area contributed by atoms with Gasteiger partial charge in [-0.15, -0.1) is 0 Å². The van der Waals surface area contributed by atoms with Gasteiger partial charge in [-0.2, -0.15) is 0 Å². The SMILES string of the molecule is CCOc1ccc(C(=O)NCCC(O)CC)cc1OCC. The van der Waals surface area contributed by atoms with E-state index in [-0.39, 0.29) is 12.0 Å². The fourth-order valence-electron chi connectivity index (χ4n) is 1.85. The molecule has 5 heteroatoms. The molecule has 0 fully saturated rings. The number of aliphatic hydroxyl groups excluding tert-OH is 1. The highest BCUT2D eigenvalue weighted by Crippen LogP contribution is 2.28. The number of amides is 1. The Labute approximate surface area is 126 Å². The van der Waals surface area contributed by atoms with E-state index in [0.29, 0.717) is 49.7 Å². The Kier molecular flexibility index (Phi) is 7.61. The molecule has 0 spiro atoms. The first-order valence-electron chi connectivity index (χ1n) is 7.48. The molecular formula is C16H25NO4. The second kappa shape index (κ2) is 9.23. The first-order chi connectivity index (χ1) is 10.1. The van der Waals surface area contributed by atoms with E-state index < -0.39 is 0 Å². The molecule has 1 aromatic rings. The highest BCUT2D eigenvalue weighted by Gasteiger charge is 2.11. The highest BCUT2D eigenvalue weighted by molar-refractivity contribution is 5.94. The molecule has 0 saturated heterocycles. The Morgan fingerprint density at radius 2 is 1.86 bits per heavy atom. The summed E-state index contributed by atoms with van der Waals surface area (Å²) in [6, 6.07) is 5.13. The highest BCUT2D eigenvalue weighted by atomic mass is 16.5.